The molecule has 1 fully saturated rings. The van der Waals surface area contributed by atoms with E-state index in [1.165, 1.54) is 0 Å². The van der Waals surface area contributed by atoms with Gasteiger partial charge in [0, 0.05) is 31.6 Å². The molecule has 2 aliphatic heterocycles. The third kappa shape index (κ3) is 2.40. The minimum absolute atomic E-state index is 0.0630. The predicted octanol–water partition coefficient (Wildman–Crippen LogP) is 2.11. The number of amides is 1. The highest BCUT2D eigenvalue weighted by atomic mass is 16.5. The average molecular weight is 274 g/mol. The summed E-state index contributed by atoms with van der Waals surface area (Å²) in [5.41, 5.74) is 0.953. The molecular formula is C16H22N2O2. The Balaban J connectivity index is 1.84. The molecule has 4 nitrogen and oxygen atoms in total. The Labute approximate surface area is 120 Å². The molecule has 0 bridgehead atoms. The van der Waals surface area contributed by atoms with E-state index in [1.54, 1.807) is 4.90 Å². The lowest BCUT2D eigenvalue weighted by Crippen LogP contribution is -2.45. The number of hydrogen-bond donors (Lipinski definition) is 1. The summed E-state index contributed by atoms with van der Waals surface area (Å²) in [6.45, 7) is 5.03. The van der Waals surface area contributed by atoms with Crippen LogP contribution in [0, 0.1) is 0 Å². The third-order valence-corrected chi connectivity index (χ3v) is 4.21. The summed E-state index contributed by atoms with van der Waals surface area (Å²) in [5.74, 6) is 1.13. The molecule has 0 radical (unpaired) electrons. The zero-order valence-electron chi connectivity index (χ0n) is 12.3. The van der Waals surface area contributed by atoms with Crippen molar-refractivity contribution in [2.24, 2.45) is 0 Å². The van der Waals surface area contributed by atoms with Crippen LogP contribution >= 0.6 is 0 Å². The predicted molar refractivity (Wildman–Crippen MR) is 77.7 cm³/mol. The van der Waals surface area contributed by atoms with Crippen LogP contribution in [0.15, 0.2) is 24.3 Å². The molecule has 0 spiro atoms. The number of para-hydroxylation sites is 1. The van der Waals surface area contributed by atoms with Gasteiger partial charge in [-0.2, -0.15) is 0 Å². The average Bonchev–Trinajstić information content (AvgIpc) is 2.69. The Kier molecular flexibility index (Phi) is 3.21. The third-order valence-electron chi connectivity index (χ3n) is 4.21. The van der Waals surface area contributed by atoms with Gasteiger partial charge < -0.3 is 9.64 Å². The summed E-state index contributed by atoms with van der Waals surface area (Å²) in [6, 6.07) is 8.23. The molecule has 0 aliphatic carbocycles. The van der Waals surface area contributed by atoms with E-state index in [4.69, 9.17) is 4.74 Å². The van der Waals surface area contributed by atoms with E-state index in [-0.39, 0.29) is 23.6 Å². The first-order chi connectivity index (χ1) is 9.46. The fourth-order valence-electron chi connectivity index (χ4n) is 3.17. The molecule has 2 atom stereocenters. The van der Waals surface area contributed by atoms with Gasteiger partial charge in [0.1, 0.15) is 11.4 Å². The van der Waals surface area contributed by atoms with Crippen LogP contribution in [-0.4, -0.2) is 36.0 Å². The number of nitrogens with one attached hydrogen (secondary N) is 1. The lowest BCUT2D eigenvalue weighted by molar-refractivity contribution is -0.128. The number of hydrogen-bond acceptors (Lipinski definition) is 3. The van der Waals surface area contributed by atoms with Crippen molar-refractivity contribution in [1.29, 1.82) is 0 Å². The van der Waals surface area contributed by atoms with Gasteiger partial charge in [-0.3, -0.25) is 10.1 Å². The van der Waals surface area contributed by atoms with Crippen molar-refractivity contribution in [3.63, 3.8) is 0 Å². The minimum Gasteiger partial charge on any atom is -0.487 e. The number of likely N-dealkylation sites (N-methyl/N-ethyl adjacent to an activating group) is 1. The Bertz CT molecular complexity index is 527. The van der Waals surface area contributed by atoms with E-state index in [9.17, 15) is 4.79 Å². The highest BCUT2D eigenvalue weighted by Crippen LogP contribution is 2.39. The number of rotatable bonds is 2. The van der Waals surface area contributed by atoms with Crippen molar-refractivity contribution in [3.05, 3.63) is 29.8 Å². The summed E-state index contributed by atoms with van der Waals surface area (Å²) in [6.07, 6.45) is 1.76. The lowest BCUT2D eigenvalue weighted by atomic mass is 9.89. The van der Waals surface area contributed by atoms with Crippen molar-refractivity contribution in [2.45, 2.75) is 44.4 Å². The smallest absolute Gasteiger partial charge is 0.239 e. The molecule has 1 saturated heterocycles. The zero-order chi connectivity index (χ0) is 14.3. The second-order valence-electron chi connectivity index (χ2n) is 6.42. The van der Waals surface area contributed by atoms with Gasteiger partial charge in [0.25, 0.3) is 0 Å². The van der Waals surface area contributed by atoms with Crippen LogP contribution in [0.3, 0.4) is 0 Å². The molecule has 0 aromatic heterocycles. The second-order valence-corrected chi connectivity index (χ2v) is 6.42. The van der Waals surface area contributed by atoms with Crippen LogP contribution in [-0.2, 0) is 4.79 Å². The van der Waals surface area contributed by atoms with Gasteiger partial charge in [-0.15, -0.1) is 0 Å². The van der Waals surface area contributed by atoms with Crippen molar-refractivity contribution >= 4 is 5.91 Å². The maximum absolute atomic E-state index is 12.1. The van der Waals surface area contributed by atoms with Crippen molar-refractivity contribution < 1.29 is 9.53 Å². The molecule has 2 heterocycles. The van der Waals surface area contributed by atoms with Gasteiger partial charge in [0.2, 0.25) is 5.91 Å². The van der Waals surface area contributed by atoms with Crippen molar-refractivity contribution in [3.8, 4) is 5.75 Å². The molecule has 1 aromatic carbocycles. The van der Waals surface area contributed by atoms with E-state index >= 15 is 0 Å². The van der Waals surface area contributed by atoms with E-state index < -0.39 is 0 Å². The summed E-state index contributed by atoms with van der Waals surface area (Å²) in [7, 11) is 1.87. The van der Waals surface area contributed by atoms with Gasteiger partial charge in [-0.25, -0.2) is 0 Å². The number of carbonyl (C=O) groups is 1. The first-order valence-corrected chi connectivity index (χ1v) is 7.25. The number of ether oxygens (including phenoxy) is 1. The zero-order valence-corrected chi connectivity index (χ0v) is 12.3. The number of likely N-dealkylation sites (tertiary alicyclic amines) is 1. The van der Waals surface area contributed by atoms with E-state index in [0.717, 1.165) is 30.7 Å². The second kappa shape index (κ2) is 4.77. The highest BCUT2D eigenvalue weighted by molar-refractivity contribution is 5.83. The van der Waals surface area contributed by atoms with E-state index in [1.807, 2.05) is 25.2 Å². The Morgan fingerprint density at radius 1 is 1.30 bits per heavy atom. The fraction of sp³-hybridized carbons (Fsp3) is 0.562. The van der Waals surface area contributed by atoms with Crippen LogP contribution in [0.1, 0.15) is 38.3 Å². The maximum atomic E-state index is 12.1. The SMILES string of the molecule is CN1CCC(NC2CC(C)(C)Oc3ccccc32)C1=O. The fourth-order valence-corrected chi connectivity index (χ4v) is 3.17. The molecule has 2 aliphatic rings. The molecule has 108 valence electrons. The van der Waals surface area contributed by atoms with Crippen LogP contribution in [0.2, 0.25) is 0 Å². The van der Waals surface area contributed by atoms with Gasteiger partial charge in [0.05, 0.1) is 6.04 Å². The summed E-state index contributed by atoms with van der Waals surface area (Å²) >= 11 is 0. The van der Waals surface area contributed by atoms with Crippen molar-refractivity contribution in [2.75, 3.05) is 13.6 Å². The van der Waals surface area contributed by atoms with Crippen LogP contribution in [0.5, 0.6) is 5.75 Å². The molecular weight excluding hydrogens is 252 g/mol. The Hall–Kier alpha value is -1.55. The van der Waals surface area contributed by atoms with Crippen molar-refractivity contribution in [1.82, 2.24) is 10.2 Å². The molecule has 1 N–H and O–H groups in total. The van der Waals surface area contributed by atoms with Gasteiger partial charge >= 0.3 is 0 Å². The summed E-state index contributed by atoms with van der Waals surface area (Å²) in [4.78, 5) is 13.9. The van der Waals surface area contributed by atoms with Gasteiger partial charge in [-0.05, 0) is 26.3 Å². The summed E-state index contributed by atoms with van der Waals surface area (Å²) < 4.78 is 6.03. The van der Waals surface area contributed by atoms with Crippen LogP contribution in [0.25, 0.3) is 0 Å². The standard InChI is InChI=1S/C16H22N2O2/c1-16(2)10-13(11-6-4-5-7-14(11)20-16)17-12-8-9-18(3)15(12)19/h4-7,12-13,17H,8-10H2,1-3H3. The lowest BCUT2D eigenvalue weighted by Gasteiger charge is -2.38. The summed E-state index contributed by atoms with van der Waals surface area (Å²) in [5, 5.41) is 3.54. The number of nitrogens with zero attached hydrogens (tertiary/aromatic N) is 1. The van der Waals surface area contributed by atoms with Crippen LogP contribution < -0.4 is 10.1 Å². The van der Waals surface area contributed by atoms with Gasteiger partial charge in [0.15, 0.2) is 0 Å². The molecule has 3 rings (SSSR count). The monoisotopic (exact) mass is 274 g/mol. The van der Waals surface area contributed by atoms with E-state index in [0.29, 0.717) is 0 Å². The molecule has 4 heteroatoms. The van der Waals surface area contributed by atoms with Gasteiger partial charge in [-0.1, -0.05) is 18.2 Å². The maximum Gasteiger partial charge on any atom is 0.239 e. The minimum atomic E-state index is -0.209. The highest BCUT2D eigenvalue weighted by Gasteiger charge is 2.37. The molecule has 1 aromatic rings. The number of carbonyl (C=O) groups excluding carboxylic acids is 1. The number of benzene rings is 1. The quantitative estimate of drug-likeness (QED) is 0.898. The topological polar surface area (TPSA) is 41.6 Å². The molecule has 1 amide bonds. The number of fused-ring (bicyclic) bond motifs is 1. The molecule has 2 unspecified atom stereocenters. The molecule has 20 heavy (non-hydrogen) atoms. The Morgan fingerprint density at radius 3 is 2.75 bits per heavy atom. The first kappa shape index (κ1) is 13.4. The largest absolute Gasteiger partial charge is 0.487 e. The Morgan fingerprint density at radius 2 is 2.05 bits per heavy atom. The van der Waals surface area contributed by atoms with E-state index in [2.05, 4.69) is 25.2 Å². The molecule has 0 saturated carbocycles. The van der Waals surface area contributed by atoms with Crippen LogP contribution in [0.4, 0.5) is 0 Å². The first-order valence-electron chi connectivity index (χ1n) is 7.25. The normalized spacial score (nSPS) is 28.1.